The molecule has 1 saturated heterocycles. The summed E-state index contributed by atoms with van der Waals surface area (Å²) in [6, 6.07) is 1.37. The molecule has 2 fully saturated rings. The molecule has 0 aromatic heterocycles. The fraction of sp³-hybridized carbons (Fsp3) is 0.526. The van der Waals surface area contributed by atoms with Crippen LogP contribution in [0.2, 0.25) is 0 Å². The Bertz CT molecular complexity index is 844. The Morgan fingerprint density at radius 3 is 2.61 bits per heavy atom. The third kappa shape index (κ3) is 5.64. The maximum atomic E-state index is 13.6. The molecule has 0 bridgehead atoms. The molecule has 31 heavy (non-hydrogen) atoms. The van der Waals surface area contributed by atoms with Gasteiger partial charge in [0.1, 0.15) is 12.6 Å². The Hall–Kier alpha value is -2.86. The molecule has 170 valence electrons. The molecule has 0 unspecified atom stereocenters. The predicted octanol–water partition coefficient (Wildman–Crippen LogP) is 1.19. The fourth-order valence-corrected chi connectivity index (χ4v) is 3.22. The van der Waals surface area contributed by atoms with Crippen molar-refractivity contribution in [1.82, 2.24) is 10.6 Å². The van der Waals surface area contributed by atoms with Gasteiger partial charge >= 0.3 is 12.2 Å². The minimum absolute atomic E-state index is 0.0220. The second-order valence-corrected chi connectivity index (χ2v) is 7.35. The normalized spacial score (nSPS) is 18.2. The molecule has 0 spiro atoms. The van der Waals surface area contributed by atoms with Crippen LogP contribution in [0.25, 0.3) is 0 Å². The van der Waals surface area contributed by atoms with Gasteiger partial charge in [0, 0.05) is 24.8 Å². The second-order valence-electron chi connectivity index (χ2n) is 7.35. The lowest BCUT2D eigenvalue weighted by Gasteiger charge is -2.28. The number of carbonyl (C=O) groups is 3. The first-order valence-electron chi connectivity index (χ1n) is 9.86. The monoisotopic (exact) mass is 443 g/mol. The number of hydrogen-bond acceptors (Lipinski definition) is 5. The Kier molecular flexibility index (Phi) is 7.01. The number of carbonyl (C=O) groups excluding carboxylic acids is 3. The van der Waals surface area contributed by atoms with Crippen LogP contribution in [-0.4, -0.2) is 56.2 Å². The molecule has 5 N–H and O–H groups in total. The van der Waals surface area contributed by atoms with E-state index in [2.05, 4.69) is 16.0 Å². The molecular weight excluding hydrogens is 419 g/mol. The van der Waals surface area contributed by atoms with E-state index >= 15 is 0 Å². The zero-order valence-electron chi connectivity index (χ0n) is 16.6. The van der Waals surface area contributed by atoms with Gasteiger partial charge < -0.3 is 31.3 Å². The highest BCUT2D eigenvalue weighted by Crippen LogP contribution is 2.37. The van der Waals surface area contributed by atoms with Crippen LogP contribution in [0.3, 0.4) is 0 Å². The number of nitrogens with zero attached hydrogens (tertiary/aromatic N) is 1. The number of halogens is 3. The van der Waals surface area contributed by atoms with Crippen LogP contribution in [-0.2, 0) is 20.5 Å². The summed E-state index contributed by atoms with van der Waals surface area (Å²) in [7, 11) is 0. The van der Waals surface area contributed by atoms with E-state index in [0.717, 1.165) is 31.4 Å². The van der Waals surface area contributed by atoms with Gasteiger partial charge in [0.15, 0.2) is 0 Å². The van der Waals surface area contributed by atoms with E-state index in [0.29, 0.717) is 0 Å². The van der Waals surface area contributed by atoms with Gasteiger partial charge in [0.05, 0.1) is 17.9 Å². The van der Waals surface area contributed by atoms with Crippen molar-refractivity contribution in [3.8, 4) is 0 Å². The number of benzene rings is 1. The van der Waals surface area contributed by atoms with Crippen LogP contribution < -0.4 is 26.6 Å². The lowest BCUT2D eigenvalue weighted by Crippen LogP contribution is -2.54. The fourth-order valence-electron chi connectivity index (χ4n) is 3.22. The third-order valence-electron chi connectivity index (χ3n) is 5.16. The number of amides is 4. The molecule has 3 rings (SSSR count). The second kappa shape index (κ2) is 9.52. The molecule has 1 aromatic rings. The number of alkyl halides is 3. The highest BCUT2D eigenvalue weighted by Gasteiger charge is 2.36. The van der Waals surface area contributed by atoms with E-state index < -0.39 is 41.3 Å². The van der Waals surface area contributed by atoms with Gasteiger partial charge in [0.2, 0.25) is 5.91 Å². The van der Waals surface area contributed by atoms with Crippen molar-refractivity contribution in [2.24, 2.45) is 5.73 Å². The summed E-state index contributed by atoms with van der Waals surface area (Å²) in [5.74, 6) is -1.34. The maximum absolute atomic E-state index is 13.6. The first-order valence-corrected chi connectivity index (χ1v) is 9.86. The van der Waals surface area contributed by atoms with Gasteiger partial charge in [-0.1, -0.05) is 0 Å². The van der Waals surface area contributed by atoms with Gasteiger partial charge in [-0.3, -0.25) is 9.59 Å². The van der Waals surface area contributed by atoms with Gasteiger partial charge in [0.25, 0.3) is 5.91 Å². The van der Waals surface area contributed by atoms with E-state index in [1.54, 1.807) is 0 Å². The largest absolute Gasteiger partial charge is 0.418 e. The molecule has 12 heteroatoms. The molecule has 1 heterocycles. The summed E-state index contributed by atoms with van der Waals surface area (Å²) in [5, 5.41) is 7.23. The number of hydrogen-bond donors (Lipinski definition) is 4. The van der Waals surface area contributed by atoms with Crippen LogP contribution in [0.1, 0.15) is 24.8 Å². The van der Waals surface area contributed by atoms with Crippen LogP contribution in [0.15, 0.2) is 18.2 Å². The molecule has 9 nitrogen and oxygen atoms in total. The minimum atomic E-state index is -4.79. The maximum Gasteiger partial charge on any atom is 0.418 e. The number of rotatable bonds is 6. The molecule has 4 amide bonds. The summed E-state index contributed by atoms with van der Waals surface area (Å²) in [6.07, 6.45) is -2.13. The molecule has 1 atom stereocenters. The SMILES string of the molecule is NC[C@H](NC(=O)NC1CCC1)C(=O)Nc1ccc(N2CCOCC2=O)cc1C(F)(F)F. The first kappa shape index (κ1) is 22.8. The Labute approximate surface area is 176 Å². The van der Waals surface area contributed by atoms with Crippen LogP contribution in [0.4, 0.5) is 29.3 Å². The average Bonchev–Trinajstić information content (AvgIpc) is 2.69. The van der Waals surface area contributed by atoms with E-state index in [4.69, 9.17) is 10.5 Å². The summed E-state index contributed by atoms with van der Waals surface area (Å²) >= 11 is 0. The minimum Gasteiger partial charge on any atom is -0.370 e. The number of urea groups is 1. The molecular formula is C19H24F3N5O4. The molecule has 0 radical (unpaired) electrons. The number of nitrogens with one attached hydrogen (secondary N) is 3. The third-order valence-corrected chi connectivity index (χ3v) is 5.16. The quantitative estimate of drug-likeness (QED) is 0.526. The van der Waals surface area contributed by atoms with Gasteiger partial charge in [-0.25, -0.2) is 4.79 Å². The summed E-state index contributed by atoms with van der Waals surface area (Å²) < 4.78 is 45.9. The van der Waals surface area contributed by atoms with Crippen LogP contribution in [0.5, 0.6) is 0 Å². The Morgan fingerprint density at radius 1 is 1.29 bits per heavy atom. The average molecular weight is 443 g/mol. The summed E-state index contributed by atoms with van der Waals surface area (Å²) in [6.45, 7) is -0.187. The van der Waals surface area contributed by atoms with Crippen LogP contribution >= 0.6 is 0 Å². The highest BCUT2D eigenvalue weighted by molar-refractivity contribution is 5.99. The first-order chi connectivity index (χ1) is 14.7. The van der Waals surface area contributed by atoms with E-state index in [1.165, 1.54) is 11.0 Å². The smallest absolute Gasteiger partial charge is 0.370 e. The summed E-state index contributed by atoms with van der Waals surface area (Å²) in [4.78, 5) is 37.6. The molecule has 1 aliphatic carbocycles. The Morgan fingerprint density at radius 2 is 2.03 bits per heavy atom. The standard InChI is InChI=1S/C19H24F3N5O4/c20-19(21,22)13-8-12(27-6-7-31-10-16(27)28)4-5-14(13)25-17(29)15(9-23)26-18(30)24-11-2-1-3-11/h4-5,8,11,15H,1-3,6-7,9-10,23H2,(H,25,29)(H2,24,26,30)/t15-/m0/s1. The van der Waals surface area contributed by atoms with Crippen molar-refractivity contribution in [2.75, 3.05) is 36.5 Å². The van der Waals surface area contributed by atoms with E-state index in [-0.39, 0.29) is 38.0 Å². The number of nitrogens with two attached hydrogens (primary N) is 1. The lowest BCUT2D eigenvalue weighted by molar-refractivity contribution is -0.137. The topological polar surface area (TPSA) is 126 Å². The number of morpholine rings is 1. The van der Waals surface area contributed by atoms with E-state index in [9.17, 15) is 27.6 Å². The molecule has 1 aliphatic heterocycles. The highest BCUT2D eigenvalue weighted by atomic mass is 19.4. The van der Waals surface area contributed by atoms with Gasteiger partial charge in [-0.15, -0.1) is 0 Å². The predicted molar refractivity (Wildman–Crippen MR) is 105 cm³/mol. The van der Waals surface area contributed by atoms with Crippen LogP contribution in [0, 0.1) is 0 Å². The Balaban J connectivity index is 1.74. The van der Waals surface area contributed by atoms with E-state index in [1.807, 2.05) is 0 Å². The zero-order chi connectivity index (χ0) is 22.6. The van der Waals surface area contributed by atoms with Crippen molar-refractivity contribution >= 4 is 29.2 Å². The zero-order valence-corrected chi connectivity index (χ0v) is 16.6. The van der Waals surface area contributed by atoms with Gasteiger partial charge in [-0.05, 0) is 37.5 Å². The number of anilines is 2. The van der Waals surface area contributed by atoms with Crippen molar-refractivity contribution < 1.29 is 32.3 Å². The van der Waals surface area contributed by atoms with Crippen molar-refractivity contribution in [1.29, 1.82) is 0 Å². The van der Waals surface area contributed by atoms with Gasteiger partial charge in [-0.2, -0.15) is 13.2 Å². The van der Waals surface area contributed by atoms with Crippen molar-refractivity contribution in [3.05, 3.63) is 23.8 Å². The lowest BCUT2D eigenvalue weighted by atomic mass is 9.93. The molecule has 1 saturated carbocycles. The van der Waals surface area contributed by atoms with Crippen molar-refractivity contribution in [3.63, 3.8) is 0 Å². The number of ether oxygens (including phenoxy) is 1. The summed E-state index contributed by atoms with van der Waals surface area (Å²) in [5.41, 5.74) is 3.96. The molecule has 2 aliphatic rings. The van der Waals surface area contributed by atoms with Crippen molar-refractivity contribution in [2.45, 2.75) is 37.5 Å². The molecule has 1 aromatic carbocycles.